The van der Waals surface area contributed by atoms with Gasteiger partial charge >= 0.3 is 12.0 Å². The predicted octanol–water partition coefficient (Wildman–Crippen LogP) is 8.47. The molecule has 0 saturated carbocycles. The van der Waals surface area contributed by atoms with Gasteiger partial charge in [0.25, 0.3) is 0 Å². The molecule has 16 nitrogen and oxygen atoms in total. The van der Waals surface area contributed by atoms with Crippen molar-refractivity contribution in [1.29, 1.82) is 0 Å². The van der Waals surface area contributed by atoms with E-state index < -0.39 is 65.4 Å². The van der Waals surface area contributed by atoms with Gasteiger partial charge in [0, 0.05) is 30.0 Å². The number of cyclic esters (lactones) is 1. The molecule has 3 saturated heterocycles. The van der Waals surface area contributed by atoms with Crippen molar-refractivity contribution < 1.29 is 38.5 Å². The first-order valence-corrected chi connectivity index (χ1v) is 26.5. The fourth-order valence-corrected chi connectivity index (χ4v) is 12.0. The van der Waals surface area contributed by atoms with Gasteiger partial charge in [-0.1, -0.05) is 132 Å². The highest BCUT2D eigenvalue weighted by atomic mass is 16.6. The Hall–Kier alpha value is -9.14. The third-order valence-corrected chi connectivity index (χ3v) is 15.5. The number of fused-ring (bicyclic) bond motifs is 4. The molecule has 1 aromatic heterocycles. The summed E-state index contributed by atoms with van der Waals surface area (Å²) in [7, 11) is 0. The van der Waals surface area contributed by atoms with Crippen LogP contribution in [0.5, 0.6) is 5.75 Å². The number of aromatic nitrogens is 3. The molecule has 396 valence electrons. The van der Waals surface area contributed by atoms with Crippen molar-refractivity contribution in [3.8, 4) is 17.6 Å². The topological polar surface area (TPSA) is 181 Å². The van der Waals surface area contributed by atoms with Gasteiger partial charge < -0.3 is 34.9 Å². The zero-order valence-electron chi connectivity index (χ0n) is 43.2. The molecule has 79 heavy (non-hydrogen) atoms. The fourth-order valence-electron chi connectivity index (χ4n) is 12.0. The van der Waals surface area contributed by atoms with Crippen molar-refractivity contribution in [2.24, 2.45) is 5.92 Å². The number of aliphatic hydroxyl groups is 1. The average molecular weight is 1050 g/mol. The number of hydrogen-bond acceptors (Lipinski definition) is 12. The van der Waals surface area contributed by atoms with Crippen LogP contribution in [0.4, 0.5) is 21.9 Å². The third-order valence-electron chi connectivity index (χ3n) is 15.5. The minimum atomic E-state index is -2.06. The molecule has 4 aliphatic rings. The number of carbonyl (C=O) groups is 4. The molecule has 8 aromatic rings. The zero-order valence-corrected chi connectivity index (χ0v) is 43.2. The van der Waals surface area contributed by atoms with E-state index in [-0.39, 0.29) is 25.4 Å². The van der Waals surface area contributed by atoms with Crippen molar-refractivity contribution in [3.63, 3.8) is 0 Å². The predicted molar refractivity (Wildman–Crippen MR) is 297 cm³/mol. The van der Waals surface area contributed by atoms with Crippen LogP contribution >= 0.6 is 0 Å². The second kappa shape index (κ2) is 21.7. The molecule has 4 amide bonds. The van der Waals surface area contributed by atoms with E-state index in [1.165, 1.54) is 0 Å². The number of para-hydroxylation sites is 1. The Morgan fingerprint density at radius 2 is 1.47 bits per heavy atom. The Labute approximate surface area is 456 Å². The van der Waals surface area contributed by atoms with E-state index in [4.69, 9.17) is 14.2 Å². The van der Waals surface area contributed by atoms with Gasteiger partial charge in [0.15, 0.2) is 0 Å². The number of ether oxygens (including phenoxy) is 3. The number of amides is 4. The molecule has 4 aliphatic heterocycles. The highest BCUT2D eigenvalue weighted by Gasteiger charge is 2.75. The molecule has 7 aromatic carbocycles. The zero-order chi connectivity index (χ0) is 54.0. The number of imide groups is 1. The minimum Gasteiger partial charge on any atom is -0.491 e. The lowest BCUT2D eigenvalue weighted by Crippen LogP contribution is -2.55. The Kier molecular flexibility index (Phi) is 13.9. The minimum absolute atomic E-state index is 0.0333. The van der Waals surface area contributed by atoms with Crippen molar-refractivity contribution in [1.82, 2.24) is 25.2 Å². The maximum Gasteiger partial charge on any atom is 0.329 e. The van der Waals surface area contributed by atoms with E-state index in [1.807, 2.05) is 163 Å². The summed E-state index contributed by atoms with van der Waals surface area (Å²) in [5.74, 6) is 3.36. The first-order valence-electron chi connectivity index (χ1n) is 26.5. The normalized spacial score (nSPS) is 21.9. The molecule has 16 heteroatoms. The third kappa shape index (κ3) is 9.31. The maximum atomic E-state index is 17.0. The lowest BCUT2D eigenvalue weighted by atomic mass is 9.65. The molecular weight excluding hydrogens is 997 g/mol. The molecular formula is C63H56N8O8. The summed E-state index contributed by atoms with van der Waals surface area (Å²) in [6, 6.07) is 51.2. The Bertz CT molecular complexity index is 3600. The number of urea groups is 1. The number of aliphatic hydroxyl groups excluding tert-OH is 1. The van der Waals surface area contributed by atoms with Crippen LogP contribution in [0.15, 0.2) is 182 Å². The smallest absolute Gasteiger partial charge is 0.329 e. The summed E-state index contributed by atoms with van der Waals surface area (Å²) in [6.45, 7) is 4.42. The monoisotopic (exact) mass is 1050 g/mol. The van der Waals surface area contributed by atoms with Gasteiger partial charge in [0.2, 0.25) is 11.8 Å². The standard InChI is InChI=1S/C63H56N8O8/c1-41(43-15-5-2-6-16-43)64-62(76)70-52-32-23-42(14-13-33-69-53-22-12-11-21-51(53)66-67-69)40-50(52)63(61(70)75)54(59(73)65-47-26-28-48(29-27-47)68-34-37-77-38-35-68)56-60(74)79-57(45-19-9-4-10-20-45)55(44-17-7-3-8-18-44)71(56)58(63)46-24-30-49(31-25-46)78-39-36-72/h2-12,15-32,40-41,54-58,72H,33-39H2,1H3,(H,64,76)(H,65,73). The molecule has 0 bridgehead atoms. The second-order valence-corrected chi connectivity index (χ2v) is 20.0. The van der Waals surface area contributed by atoms with E-state index in [0.717, 1.165) is 32.7 Å². The molecule has 5 heterocycles. The van der Waals surface area contributed by atoms with Gasteiger partial charge in [0.05, 0.1) is 55.1 Å². The second-order valence-electron chi connectivity index (χ2n) is 20.0. The van der Waals surface area contributed by atoms with E-state index in [9.17, 15) is 5.11 Å². The molecule has 3 fully saturated rings. The summed E-state index contributed by atoms with van der Waals surface area (Å²) < 4.78 is 19.9. The van der Waals surface area contributed by atoms with Crippen LogP contribution in [0.25, 0.3) is 11.0 Å². The highest BCUT2D eigenvalue weighted by Crippen LogP contribution is 2.66. The van der Waals surface area contributed by atoms with E-state index in [1.54, 1.807) is 35.0 Å². The molecule has 7 unspecified atom stereocenters. The molecule has 1 spiro atoms. The number of hydrogen-bond donors (Lipinski definition) is 3. The summed E-state index contributed by atoms with van der Waals surface area (Å²) in [6.07, 6.45) is -0.930. The van der Waals surface area contributed by atoms with Crippen LogP contribution in [0.2, 0.25) is 0 Å². The molecule has 7 atom stereocenters. The Balaban J connectivity index is 1.09. The number of benzene rings is 7. The number of morpholine rings is 2. The lowest BCUT2D eigenvalue weighted by molar-refractivity contribution is -0.177. The first kappa shape index (κ1) is 50.7. The number of esters is 1. The van der Waals surface area contributed by atoms with Gasteiger partial charge in [-0.3, -0.25) is 19.3 Å². The van der Waals surface area contributed by atoms with Crippen molar-refractivity contribution in [2.45, 2.75) is 49.2 Å². The first-order chi connectivity index (χ1) is 38.7. The van der Waals surface area contributed by atoms with Crippen molar-refractivity contribution in [2.75, 3.05) is 54.6 Å². The van der Waals surface area contributed by atoms with Gasteiger partial charge in [-0.15, -0.1) is 5.10 Å². The molecule has 12 rings (SSSR count). The van der Waals surface area contributed by atoms with Crippen LogP contribution in [-0.2, 0) is 35.8 Å². The van der Waals surface area contributed by atoms with Gasteiger partial charge in [-0.05, 0) is 101 Å². The van der Waals surface area contributed by atoms with Crippen LogP contribution < -0.4 is 25.2 Å². The highest BCUT2D eigenvalue weighted by molar-refractivity contribution is 6.25. The van der Waals surface area contributed by atoms with E-state index in [0.29, 0.717) is 60.0 Å². The summed E-state index contributed by atoms with van der Waals surface area (Å²) in [5.41, 5.74) is 4.67. The molecule has 3 N–H and O–H groups in total. The maximum absolute atomic E-state index is 17.0. The lowest BCUT2D eigenvalue weighted by Gasteiger charge is -2.46. The summed E-state index contributed by atoms with van der Waals surface area (Å²) >= 11 is 0. The number of nitrogens with one attached hydrogen (secondary N) is 2. The number of anilines is 3. The van der Waals surface area contributed by atoms with Crippen molar-refractivity contribution >= 4 is 51.9 Å². The summed E-state index contributed by atoms with van der Waals surface area (Å²) in [4.78, 5) is 69.6. The van der Waals surface area contributed by atoms with Gasteiger partial charge in [-0.2, -0.15) is 0 Å². The fraction of sp³-hybridized carbons (Fsp3) is 0.238. The van der Waals surface area contributed by atoms with Gasteiger partial charge in [-0.25, -0.2) is 14.4 Å². The van der Waals surface area contributed by atoms with Crippen LogP contribution in [0, 0.1) is 17.8 Å². The number of carbonyl (C=O) groups excluding carboxylic acids is 4. The molecule has 0 aliphatic carbocycles. The van der Waals surface area contributed by atoms with E-state index in [2.05, 4.69) is 37.7 Å². The van der Waals surface area contributed by atoms with Crippen LogP contribution in [0.1, 0.15) is 64.5 Å². The van der Waals surface area contributed by atoms with E-state index >= 15 is 19.2 Å². The van der Waals surface area contributed by atoms with Crippen LogP contribution in [0.3, 0.4) is 0 Å². The SMILES string of the molecule is CC(NC(=O)N1C(=O)C2(c3cc(C#CCn4nnc5ccccc54)ccc31)C(C(=O)Nc1ccc(N3CCOCC3)cc1)C1C(=O)OC(c3ccccc3)C(c3ccccc3)N1C2c1ccc(OCCO)cc1)c1ccccc1. The Morgan fingerprint density at radius 1 is 0.785 bits per heavy atom. The largest absolute Gasteiger partial charge is 0.491 e. The quantitative estimate of drug-likeness (QED) is 0.0786. The molecule has 0 radical (unpaired) electrons. The Morgan fingerprint density at radius 3 is 2.19 bits per heavy atom. The van der Waals surface area contributed by atoms with Crippen LogP contribution in [-0.4, -0.2) is 94.4 Å². The average Bonchev–Trinajstić information content (AvgIpc) is 2.65. The number of rotatable bonds is 12. The number of nitrogens with zero attached hydrogens (tertiary/aromatic N) is 6. The van der Waals surface area contributed by atoms with Crippen molar-refractivity contribution in [3.05, 3.63) is 215 Å². The summed E-state index contributed by atoms with van der Waals surface area (Å²) in [5, 5.41) is 24.6. The van der Waals surface area contributed by atoms with Gasteiger partial charge in [0.1, 0.15) is 42.0 Å².